The molecular formula is C7H10FNO. The lowest BCUT2D eigenvalue weighted by molar-refractivity contribution is 0.340. The van der Waals surface area contributed by atoms with Crippen molar-refractivity contribution in [2.75, 3.05) is 0 Å². The highest BCUT2D eigenvalue weighted by Gasteiger charge is 2.22. The zero-order valence-electron chi connectivity index (χ0n) is 6.31. The molecular weight excluding hydrogens is 133 g/mol. The van der Waals surface area contributed by atoms with Crippen molar-refractivity contribution in [3.63, 3.8) is 0 Å². The van der Waals surface area contributed by atoms with E-state index in [2.05, 4.69) is 9.40 Å². The van der Waals surface area contributed by atoms with Crippen LogP contribution >= 0.6 is 0 Å². The molecule has 2 nitrogen and oxygen atoms in total. The van der Waals surface area contributed by atoms with Gasteiger partial charge in [0.15, 0.2) is 6.39 Å². The van der Waals surface area contributed by atoms with Crippen LogP contribution in [0.3, 0.4) is 0 Å². The summed E-state index contributed by atoms with van der Waals surface area (Å²) >= 11 is 0. The monoisotopic (exact) mass is 143 g/mol. The van der Waals surface area contributed by atoms with Crippen LogP contribution in [0, 0.1) is 6.01 Å². The maximum Gasteiger partial charge on any atom is 0.301 e. The van der Waals surface area contributed by atoms with Gasteiger partial charge in [0.25, 0.3) is 0 Å². The minimum atomic E-state index is -0.576. The third kappa shape index (κ3) is 1.17. The van der Waals surface area contributed by atoms with Gasteiger partial charge >= 0.3 is 6.01 Å². The predicted octanol–water partition coefficient (Wildman–Crippen LogP) is 2.11. The summed E-state index contributed by atoms with van der Waals surface area (Å²) < 4.78 is 17.0. The predicted molar refractivity (Wildman–Crippen MR) is 35.2 cm³/mol. The van der Waals surface area contributed by atoms with Crippen molar-refractivity contribution < 1.29 is 8.81 Å². The van der Waals surface area contributed by atoms with Gasteiger partial charge in [-0.3, -0.25) is 0 Å². The molecule has 0 radical (unpaired) electrons. The van der Waals surface area contributed by atoms with Gasteiger partial charge in [-0.05, 0) is 0 Å². The summed E-state index contributed by atoms with van der Waals surface area (Å²) in [7, 11) is 0. The van der Waals surface area contributed by atoms with E-state index in [1.54, 1.807) is 0 Å². The molecule has 10 heavy (non-hydrogen) atoms. The summed E-state index contributed by atoms with van der Waals surface area (Å²) in [6.45, 7) is 5.65. The van der Waals surface area contributed by atoms with Gasteiger partial charge in [-0.2, -0.15) is 4.39 Å². The average Bonchev–Trinajstić information content (AvgIpc) is 2.11. The highest BCUT2D eigenvalue weighted by molar-refractivity contribution is 5.07. The molecule has 0 fully saturated rings. The van der Waals surface area contributed by atoms with Crippen LogP contribution in [0.1, 0.15) is 26.5 Å². The fourth-order valence-corrected chi connectivity index (χ4v) is 0.720. The van der Waals surface area contributed by atoms with Gasteiger partial charge in [0.1, 0.15) is 5.69 Å². The van der Waals surface area contributed by atoms with E-state index in [1.165, 1.54) is 0 Å². The Balaban J connectivity index is 3.05. The van der Waals surface area contributed by atoms with Crippen molar-refractivity contribution in [3.8, 4) is 0 Å². The van der Waals surface area contributed by atoms with Crippen molar-refractivity contribution >= 4 is 0 Å². The van der Waals surface area contributed by atoms with E-state index in [-0.39, 0.29) is 5.41 Å². The van der Waals surface area contributed by atoms with E-state index in [0.717, 1.165) is 6.39 Å². The van der Waals surface area contributed by atoms with Crippen molar-refractivity contribution in [2.45, 2.75) is 26.2 Å². The largest absolute Gasteiger partial charge is 0.418 e. The summed E-state index contributed by atoms with van der Waals surface area (Å²) in [5.74, 6) is 0. The number of aromatic nitrogens is 1. The molecule has 0 amide bonds. The molecule has 0 atom stereocenters. The molecule has 0 saturated heterocycles. The molecule has 0 aromatic carbocycles. The van der Waals surface area contributed by atoms with Crippen molar-refractivity contribution in [1.29, 1.82) is 0 Å². The summed E-state index contributed by atoms with van der Waals surface area (Å²) in [5.41, 5.74) is 0.115. The van der Waals surface area contributed by atoms with Crippen molar-refractivity contribution in [3.05, 3.63) is 18.1 Å². The Labute approximate surface area is 59.1 Å². The smallest absolute Gasteiger partial charge is 0.301 e. The zero-order chi connectivity index (χ0) is 7.78. The molecule has 1 aromatic heterocycles. The first-order valence-corrected chi connectivity index (χ1v) is 3.11. The molecule has 0 saturated carbocycles. The Bertz CT molecular complexity index is 224. The fraction of sp³-hybridized carbons (Fsp3) is 0.571. The Hall–Kier alpha value is -0.860. The van der Waals surface area contributed by atoms with Crippen LogP contribution in [-0.2, 0) is 5.41 Å². The van der Waals surface area contributed by atoms with E-state index >= 15 is 0 Å². The number of rotatable bonds is 0. The number of nitrogens with zero attached hydrogens (tertiary/aromatic N) is 1. The number of hydrogen-bond acceptors (Lipinski definition) is 2. The van der Waals surface area contributed by atoms with E-state index in [9.17, 15) is 4.39 Å². The van der Waals surface area contributed by atoms with E-state index in [0.29, 0.717) is 5.69 Å². The van der Waals surface area contributed by atoms with Crippen LogP contribution in [0.5, 0.6) is 0 Å². The summed E-state index contributed by atoms with van der Waals surface area (Å²) in [4.78, 5) is 3.75. The third-order valence-electron chi connectivity index (χ3n) is 1.23. The first kappa shape index (κ1) is 7.25. The number of oxazole rings is 1. The highest BCUT2D eigenvalue weighted by atomic mass is 19.1. The van der Waals surface area contributed by atoms with Gasteiger partial charge in [-0.25, -0.2) is 4.98 Å². The molecule has 0 N–H and O–H groups in total. The normalized spacial score (nSPS) is 12.0. The molecule has 0 aliphatic heterocycles. The highest BCUT2D eigenvalue weighted by Crippen LogP contribution is 2.22. The molecule has 1 aromatic rings. The first-order valence-electron chi connectivity index (χ1n) is 3.11. The lowest BCUT2D eigenvalue weighted by Crippen LogP contribution is -2.13. The van der Waals surface area contributed by atoms with Crippen LogP contribution < -0.4 is 0 Å². The van der Waals surface area contributed by atoms with Gasteiger partial charge in [-0.15, -0.1) is 0 Å². The minimum Gasteiger partial charge on any atom is -0.418 e. The fourth-order valence-electron chi connectivity index (χ4n) is 0.720. The molecule has 1 rings (SSSR count). The SMILES string of the molecule is CC(C)(C)c1ncoc1F. The molecule has 3 heteroatoms. The second kappa shape index (κ2) is 2.08. The molecule has 0 aliphatic rings. The number of hydrogen-bond donors (Lipinski definition) is 0. The molecule has 1 heterocycles. The van der Waals surface area contributed by atoms with Gasteiger partial charge in [0.05, 0.1) is 0 Å². The standard InChI is InChI=1S/C7H10FNO/c1-7(2,3)5-6(8)10-4-9-5/h4H,1-3H3. The Morgan fingerprint density at radius 1 is 1.50 bits per heavy atom. The lowest BCUT2D eigenvalue weighted by atomic mass is 9.93. The van der Waals surface area contributed by atoms with Crippen LogP contribution in [-0.4, -0.2) is 4.98 Å². The second-order valence-corrected chi connectivity index (χ2v) is 3.22. The van der Waals surface area contributed by atoms with Gasteiger partial charge in [-0.1, -0.05) is 20.8 Å². The summed E-state index contributed by atoms with van der Waals surface area (Å²) in [6, 6.07) is -0.576. The van der Waals surface area contributed by atoms with Crippen molar-refractivity contribution in [2.24, 2.45) is 0 Å². The Morgan fingerprint density at radius 2 is 2.10 bits per heavy atom. The topological polar surface area (TPSA) is 26.0 Å². The molecule has 0 bridgehead atoms. The van der Waals surface area contributed by atoms with Crippen LogP contribution in [0.2, 0.25) is 0 Å². The quantitative estimate of drug-likeness (QED) is 0.556. The maximum atomic E-state index is 12.6. The average molecular weight is 143 g/mol. The molecule has 0 spiro atoms. The first-order chi connectivity index (χ1) is 4.52. The second-order valence-electron chi connectivity index (χ2n) is 3.22. The Kier molecular flexibility index (Phi) is 1.50. The zero-order valence-corrected chi connectivity index (χ0v) is 6.31. The summed E-state index contributed by atoms with van der Waals surface area (Å²) in [6.07, 6.45) is 1.12. The minimum absolute atomic E-state index is 0.267. The van der Waals surface area contributed by atoms with Crippen molar-refractivity contribution in [1.82, 2.24) is 4.98 Å². The van der Waals surface area contributed by atoms with E-state index in [1.807, 2.05) is 20.8 Å². The number of halogens is 1. The lowest BCUT2D eigenvalue weighted by Gasteiger charge is -2.13. The van der Waals surface area contributed by atoms with Gasteiger partial charge < -0.3 is 4.42 Å². The third-order valence-corrected chi connectivity index (χ3v) is 1.23. The van der Waals surface area contributed by atoms with E-state index < -0.39 is 6.01 Å². The van der Waals surface area contributed by atoms with Gasteiger partial charge in [0, 0.05) is 5.41 Å². The molecule has 0 unspecified atom stereocenters. The molecule has 0 aliphatic carbocycles. The van der Waals surface area contributed by atoms with Crippen LogP contribution in [0.4, 0.5) is 4.39 Å². The maximum absolute atomic E-state index is 12.6. The Morgan fingerprint density at radius 3 is 2.30 bits per heavy atom. The van der Waals surface area contributed by atoms with Gasteiger partial charge in [0.2, 0.25) is 0 Å². The molecule has 56 valence electrons. The van der Waals surface area contributed by atoms with Crippen LogP contribution in [0.15, 0.2) is 10.8 Å². The van der Waals surface area contributed by atoms with Crippen LogP contribution in [0.25, 0.3) is 0 Å². The summed E-state index contributed by atoms with van der Waals surface area (Å²) in [5, 5.41) is 0. The van der Waals surface area contributed by atoms with E-state index in [4.69, 9.17) is 0 Å².